The van der Waals surface area contributed by atoms with E-state index >= 15 is 0 Å². The summed E-state index contributed by atoms with van der Waals surface area (Å²) in [5, 5.41) is 2.96. The first kappa shape index (κ1) is 17.6. The second-order valence-electron chi connectivity index (χ2n) is 6.41. The van der Waals surface area contributed by atoms with Crippen LogP contribution in [-0.2, 0) is 10.0 Å². The molecule has 0 spiro atoms. The van der Waals surface area contributed by atoms with Gasteiger partial charge in [0.25, 0.3) is 0 Å². The molecule has 2 aromatic rings. The van der Waals surface area contributed by atoms with E-state index in [-0.39, 0.29) is 6.04 Å². The van der Waals surface area contributed by atoms with Crippen LogP contribution >= 0.6 is 11.3 Å². The topological polar surface area (TPSA) is 50.3 Å². The fourth-order valence-electron chi connectivity index (χ4n) is 3.36. The lowest BCUT2D eigenvalue weighted by atomic mass is 10.0. The molecule has 4 nitrogen and oxygen atoms in total. The van der Waals surface area contributed by atoms with Crippen molar-refractivity contribution < 1.29 is 8.42 Å². The van der Waals surface area contributed by atoms with Crippen LogP contribution in [0.25, 0.3) is 11.3 Å². The molecule has 3 rings (SSSR count). The van der Waals surface area contributed by atoms with Crippen LogP contribution in [0.2, 0.25) is 0 Å². The van der Waals surface area contributed by atoms with Crippen LogP contribution in [0, 0.1) is 13.8 Å². The predicted octanol–water partition coefficient (Wildman–Crippen LogP) is 4.38. The van der Waals surface area contributed by atoms with Gasteiger partial charge in [0.05, 0.1) is 15.6 Å². The summed E-state index contributed by atoms with van der Waals surface area (Å²) in [6.07, 6.45) is 3.88. The van der Waals surface area contributed by atoms with E-state index < -0.39 is 10.0 Å². The number of piperidine rings is 1. The van der Waals surface area contributed by atoms with Gasteiger partial charge in [-0.25, -0.2) is 13.4 Å². The highest BCUT2D eigenvalue weighted by atomic mass is 32.2. The fourth-order valence-corrected chi connectivity index (χ4v) is 6.00. The summed E-state index contributed by atoms with van der Waals surface area (Å²) < 4.78 is 28.3. The lowest BCUT2D eigenvalue weighted by Crippen LogP contribution is -2.43. The highest BCUT2D eigenvalue weighted by Crippen LogP contribution is 2.31. The van der Waals surface area contributed by atoms with Crippen LogP contribution in [-0.4, -0.2) is 30.3 Å². The van der Waals surface area contributed by atoms with Gasteiger partial charge in [-0.15, -0.1) is 11.3 Å². The zero-order valence-electron chi connectivity index (χ0n) is 14.4. The average molecular weight is 365 g/mol. The molecule has 1 atom stereocenters. The van der Waals surface area contributed by atoms with Gasteiger partial charge >= 0.3 is 0 Å². The minimum absolute atomic E-state index is 0.119. The van der Waals surface area contributed by atoms with E-state index in [4.69, 9.17) is 0 Å². The summed E-state index contributed by atoms with van der Waals surface area (Å²) >= 11 is 1.58. The van der Waals surface area contributed by atoms with E-state index in [0.29, 0.717) is 11.4 Å². The van der Waals surface area contributed by atoms with E-state index in [9.17, 15) is 8.42 Å². The molecular formula is C18H24N2O2S2. The predicted molar refractivity (Wildman–Crippen MR) is 98.8 cm³/mol. The molecule has 0 radical (unpaired) electrons. The van der Waals surface area contributed by atoms with Crippen LogP contribution in [0.3, 0.4) is 0 Å². The number of hydrogen-bond donors (Lipinski definition) is 0. The first-order chi connectivity index (χ1) is 11.4. The van der Waals surface area contributed by atoms with Crippen LogP contribution < -0.4 is 0 Å². The Morgan fingerprint density at radius 3 is 2.75 bits per heavy atom. The lowest BCUT2D eigenvalue weighted by molar-refractivity contribution is 0.246. The van der Waals surface area contributed by atoms with Gasteiger partial charge < -0.3 is 0 Å². The summed E-state index contributed by atoms with van der Waals surface area (Å²) in [5.41, 5.74) is 2.51. The third kappa shape index (κ3) is 3.27. The summed E-state index contributed by atoms with van der Waals surface area (Å²) in [6, 6.07) is 5.76. The number of nitrogens with zero attached hydrogens (tertiary/aromatic N) is 2. The number of thiazole rings is 1. The second kappa shape index (κ2) is 6.94. The molecule has 130 valence electrons. The second-order valence-corrected chi connectivity index (χ2v) is 9.33. The summed E-state index contributed by atoms with van der Waals surface area (Å²) in [4.78, 5) is 4.91. The van der Waals surface area contributed by atoms with E-state index in [1.165, 1.54) is 0 Å². The number of aryl methyl sites for hydroxylation is 2. The van der Waals surface area contributed by atoms with E-state index in [1.807, 2.05) is 31.4 Å². The van der Waals surface area contributed by atoms with Crippen molar-refractivity contribution >= 4 is 21.4 Å². The van der Waals surface area contributed by atoms with Gasteiger partial charge in [0.2, 0.25) is 10.0 Å². The fraction of sp³-hybridized carbons (Fsp3) is 0.500. The monoisotopic (exact) mass is 364 g/mol. The maximum Gasteiger partial charge on any atom is 0.243 e. The third-order valence-corrected chi connectivity index (χ3v) is 7.60. The highest BCUT2D eigenvalue weighted by Gasteiger charge is 2.33. The lowest BCUT2D eigenvalue weighted by Gasteiger charge is -2.34. The molecule has 0 bridgehead atoms. The summed E-state index contributed by atoms with van der Waals surface area (Å²) in [7, 11) is -3.47. The number of rotatable bonds is 4. The van der Waals surface area contributed by atoms with Gasteiger partial charge in [0.15, 0.2) is 0 Å². The molecule has 24 heavy (non-hydrogen) atoms. The third-order valence-electron chi connectivity index (χ3n) is 4.73. The molecule has 1 aliphatic heterocycles. The molecule has 6 heteroatoms. The van der Waals surface area contributed by atoms with Gasteiger partial charge in [-0.2, -0.15) is 4.31 Å². The molecule has 0 N–H and O–H groups in total. The standard InChI is InChI=1S/C18H24N2O2S2/c1-4-16-7-5-6-10-20(16)24(21,22)18-11-15(9-8-13(18)2)17-12-23-14(3)19-17/h8-9,11-12,16H,4-7,10H2,1-3H3/t16-/m1/s1. The first-order valence-electron chi connectivity index (χ1n) is 8.48. The van der Waals surface area contributed by atoms with Crippen molar-refractivity contribution in [2.45, 2.75) is 57.4 Å². The highest BCUT2D eigenvalue weighted by molar-refractivity contribution is 7.89. The van der Waals surface area contributed by atoms with E-state index in [0.717, 1.165) is 47.5 Å². The van der Waals surface area contributed by atoms with Crippen molar-refractivity contribution in [2.75, 3.05) is 6.54 Å². The zero-order valence-corrected chi connectivity index (χ0v) is 16.1. The van der Waals surface area contributed by atoms with Crippen molar-refractivity contribution in [3.8, 4) is 11.3 Å². The van der Waals surface area contributed by atoms with Gasteiger partial charge in [0, 0.05) is 23.5 Å². The molecule has 0 unspecified atom stereocenters. The van der Waals surface area contributed by atoms with Gasteiger partial charge in [0.1, 0.15) is 0 Å². The number of hydrogen-bond acceptors (Lipinski definition) is 4. The Bertz CT molecular complexity index is 827. The Labute approximate surface area is 148 Å². The van der Waals surface area contributed by atoms with Crippen LogP contribution in [0.5, 0.6) is 0 Å². The molecule has 1 aromatic carbocycles. The van der Waals surface area contributed by atoms with Gasteiger partial charge in [-0.1, -0.05) is 25.5 Å². The molecular weight excluding hydrogens is 340 g/mol. The maximum absolute atomic E-state index is 13.3. The van der Waals surface area contributed by atoms with Crippen LogP contribution in [0.1, 0.15) is 43.2 Å². The summed E-state index contributed by atoms with van der Waals surface area (Å²) in [6.45, 7) is 6.52. The van der Waals surface area contributed by atoms with E-state index in [1.54, 1.807) is 21.7 Å². The largest absolute Gasteiger partial charge is 0.243 e. The minimum atomic E-state index is -3.47. The number of benzene rings is 1. The maximum atomic E-state index is 13.3. The molecule has 0 amide bonds. The molecule has 1 aliphatic rings. The Hall–Kier alpha value is -1.24. The van der Waals surface area contributed by atoms with Crippen molar-refractivity contribution in [1.29, 1.82) is 0 Å². The molecule has 1 aromatic heterocycles. The van der Waals surface area contributed by atoms with Crippen LogP contribution in [0.15, 0.2) is 28.5 Å². The quantitative estimate of drug-likeness (QED) is 0.809. The zero-order chi connectivity index (χ0) is 17.3. The normalized spacial score (nSPS) is 19.5. The Balaban J connectivity index is 2.04. The summed E-state index contributed by atoms with van der Waals surface area (Å²) in [5.74, 6) is 0. The Morgan fingerprint density at radius 1 is 1.29 bits per heavy atom. The van der Waals surface area contributed by atoms with Crippen molar-refractivity contribution in [3.05, 3.63) is 34.2 Å². The van der Waals surface area contributed by atoms with Crippen molar-refractivity contribution in [1.82, 2.24) is 9.29 Å². The van der Waals surface area contributed by atoms with Crippen molar-refractivity contribution in [2.24, 2.45) is 0 Å². The average Bonchev–Trinajstić information content (AvgIpc) is 3.01. The molecule has 0 aliphatic carbocycles. The first-order valence-corrected chi connectivity index (χ1v) is 10.8. The SMILES string of the molecule is CC[C@@H]1CCCCN1S(=O)(=O)c1cc(-c2csc(C)n2)ccc1C. The van der Waals surface area contributed by atoms with Gasteiger partial charge in [-0.05, 0) is 44.7 Å². The molecule has 2 heterocycles. The van der Waals surface area contributed by atoms with Crippen LogP contribution in [0.4, 0.5) is 0 Å². The number of sulfonamides is 1. The van der Waals surface area contributed by atoms with Crippen molar-refractivity contribution in [3.63, 3.8) is 0 Å². The molecule has 1 fully saturated rings. The molecule has 1 saturated heterocycles. The Morgan fingerprint density at radius 2 is 2.08 bits per heavy atom. The van der Waals surface area contributed by atoms with Gasteiger partial charge in [-0.3, -0.25) is 0 Å². The molecule has 0 saturated carbocycles. The Kier molecular flexibility index (Phi) is 5.08. The minimum Gasteiger partial charge on any atom is -0.242 e. The smallest absolute Gasteiger partial charge is 0.242 e. The number of aromatic nitrogens is 1. The van der Waals surface area contributed by atoms with E-state index in [2.05, 4.69) is 11.9 Å².